The fraction of sp³-hybridized carbons (Fsp3) is 0.263. The van der Waals surface area contributed by atoms with Crippen molar-refractivity contribution in [1.82, 2.24) is 5.32 Å². The monoisotopic (exact) mass is 365 g/mol. The van der Waals surface area contributed by atoms with Crippen molar-refractivity contribution < 1.29 is 9.13 Å². The number of fused-ring (bicyclic) bond motifs is 1. The van der Waals surface area contributed by atoms with Crippen LogP contribution in [0.4, 0.5) is 4.39 Å². The SMILES string of the molecule is CNCC[C@H](Oc1ccc(F)c2c(C)csc12)c1ccccc1.Cl. The average Bonchev–Trinajstić information content (AvgIpc) is 2.97. The number of thiophene rings is 1. The molecule has 5 heteroatoms. The first-order valence-electron chi connectivity index (χ1n) is 7.73. The van der Waals surface area contributed by atoms with Gasteiger partial charge in [0.25, 0.3) is 0 Å². The first-order valence-corrected chi connectivity index (χ1v) is 8.61. The maximum absolute atomic E-state index is 14.1. The lowest BCUT2D eigenvalue weighted by molar-refractivity contribution is 0.198. The Kier molecular flexibility index (Phi) is 6.60. The average molecular weight is 366 g/mol. The zero-order chi connectivity index (χ0) is 16.2. The minimum absolute atomic E-state index is 0. The van der Waals surface area contributed by atoms with E-state index in [0.717, 1.165) is 34.5 Å². The molecule has 0 radical (unpaired) electrons. The second kappa shape index (κ2) is 8.47. The van der Waals surface area contributed by atoms with Crippen LogP contribution < -0.4 is 10.1 Å². The van der Waals surface area contributed by atoms with E-state index in [1.165, 1.54) is 17.4 Å². The van der Waals surface area contributed by atoms with E-state index in [1.54, 1.807) is 6.07 Å². The molecule has 1 aromatic heterocycles. The second-order valence-electron chi connectivity index (χ2n) is 5.58. The summed E-state index contributed by atoms with van der Waals surface area (Å²) in [6.07, 6.45) is 0.795. The fourth-order valence-corrected chi connectivity index (χ4v) is 3.73. The summed E-state index contributed by atoms with van der Waals surface area (Å²) in [5, 5.41) is 5.82. The molecule has 3 aromatic rings. The van der Waals surface area contributed by atoms with Crippen molar-refractivity contribution in [3.8, 4) is 5.75 Å². The van der Waals surface area contributed by atoms with Crippen LogP contribution in [-0.2, 0) is 0 Å². The minimum Gasteiger partial charge on any atom is -0.484 e. The zero-order valence-corrected chi connectivity index (χ0v) is 15.3. The second-order valence-corrected chi connectivity index (χ2v) is 6.46. The summed E-state index contributed by atoms with van der Waals surface area (Å²) < 4.78 is 21.2. The molecule has 0 aliphatic carbocycles. The molecule has 0 unspecified atom stereocenters. The molecule has 0 aliphatic heterocycles. The molecular formula is C19H21ClFNOS. The molecule has 0 aliphatic rings. The summed E-state index contributed by atoms with van der Waals surface area (Å²) in [6.45, 7) is 2.79. The van der Waals surface area contributed by atoms with Gasteiger partial charge in [0, 0.05) is 11.8 Å². The summed E-state index contributed by atoms with van der Waals surface area (Å²) in [7, 11) is 1.93. The van der Waals surface area contributed by atoms with Gasteiger partial charge in [-0.25, -0.2) is 4.39 Å². The minimum atomic E-state index is -0.183. The molecule has 2 nitrogen and oxygen atoms in total. The van der Waals surface area contributed by atoms with E-state index < -0.39 is 0 Å². The number of nitrogens with one attached hydrogen (secondary N) is 1. The Balaban J connectivity index is 0.00000208. The van der Waals surface area contributed by atoms with Crippen LogP contribution in [0.15, 0.2) is 47.8 Å². The van der Waals surface area contributed by atoms with E-state index in [-0.39, 0.29) is 24.3 Å². The van der Waals surface area contributed by atoms with Gasteiger partial charge in [-0.2, -0.15) is 0 Å². The lowest BCUT2D eigenvalue weighted by Gasteiger charge is -2.20. The lowest BCUT2D eigenvalue weighted by atomic mass is 10.1. The van der Waals surface area contributed by atoms with Gasteiger partial charge in [0.05, 0.1) is 4.70 Å². The van der Waals surface area contributed by atoms with Gasteiger partial charge in [0.1, 0.15) is 17.7 Å². The van der Waals surface area contributed by atoms with Crippen LogP contribution in [0.25, 0.3) is 10.1 Å². The number of rotatable bonds is 6. The Bertz CT molecular complexity index is 791. The van der Waals surface area contributed by atoms with E-state index in [4.69, 9.17) is 4.74 Å². The molecule has 0 saturated heterocycles. The van der Waals surface area contributed by atoms with Crippen LogP contribution in [0.5, 0.6) is 5.75 Å². The van der Waals surface area contributed by atoms with Crippen molar-refractivity contribution in [2.45, 2.75) is 19.4 Å². The summed E-state index contributed by atoms with van der Waals surface area (Å²) in [6, 6.07) is 13.4. The van der Waals surface area contributed by atoms with Crippen LogP contribution in [0, 0.1) is 12.7 Å². The van der Waals surface area contributed by atoms with Crippen molar-refractivity contribution in [2.24, 2.45) is 0 Å². The Morgan fingerprint density at radius 3 is 2.62 bits per heavy atom. The topological polar surface area (TPSA) is 21.3 Å². The van der Waals surface area contributed by atoms with Gasteiger partial charge in [-0.15, -0.1) is 23.7 Å². The number of benzene rings is 2. The Morgan fingerprint density at radius 2 is 1.92 bits per heavy atom. The number of aryl methyl sites for hydroxylation is 1. The number of ether oxygens (including phenoxy) is 1. The maximum atomic E-state index is 14.1. The number of hydrogen-bond donors (Lipinski definition) is 1. The van der Waals surface area contributed by atoms with Gasteiger partial charge < -0.3 is 10.1 Å². The Morgan fingerprint density at radius 1 is 1.17 bits per heavy atom. The summed E-state index contributed by atoms with van der Waals surface area (Å²) in [4.78, 5) is 0. The van der Waals surface area contributed by atoms with Gasteiger partial charge in [-0.1, -0.05) is 30.3 Å². The largest absolute Gasteiger partial charge is 0.484 e. The maximum Gasteiger partial charge on any atom is 0.138 e. The van der Waals surface area contributed by atoms with Gasteiger partial charge in [0.15, 0.2) is 0 Å². The van der Waals surface area contributed by atoms with Crippen LogP contribution in [0.3, 0.4) is 0 Å². The third-order valence-electron chi connectivity index (χ3n) is 3.92. The molecule has 24 heavy (non-hydrogen) atoms. The van der Waals surface area contributed by atoms with E-state index in [1.807, 2.05) is 37.6 Å². The molecule has 128 valence electrons. The van der Waals surface area contributed by atoms with E-state index >= 15 is 0 Å². The molecule has 0 saturated carbocycles. The predicted octanol–water partition coefficient (Wildman–Crippen LogP) is 5.50. The van der Waals surface area contributed by atoms with E-state index in [0.29, 0.717) is 5.39 Å². The molecule has 2 aromatic carbocycles. The van der Waals surface area contributed by atoms with Gasteiger partial charge >= 0.3 is 0 Å². The summed E-state index contributed by atoms with van der Waals surface area (Å²) in [5.74, 6) is 0.571. The van der Waals surface area contributed by atoms with Gasteiger partial charge in [0.2, 0.25) is 0 Å². The van der Waals surface area contributed by atoms with Crippen molar-refractivity contribution >= 4 is 33.8 Å². The summed E-state index contributed by atoms with van der Waals surface area (Å²) >= 11 is 1.54. The van der Waals surface area contributed by atoms with E-state index in [2.05, 4.69) is 17.4 Å². The fourth-order valence-electron chi connectivity index (χ4n) is 2.71. The van der Waals surface area contributed by atoms with Crippen LogP contribution >= 0.6 is 23.7 Å². The highest BCUT2D eigenvalue weighted by Crippen LogP contribution is 2.37. The molecular weight excluding hydrogens is 345 g/mol. The van der Waals surface area contributed by atoms with Crippen LogP contribution in [0.1, 0.15) is 23.7 Å². The molecule has 1 heterocycles. The smallest absolute Gasteiger partial charge is 0.138 e. The molecule has 0 spiro atoms. The van der Waals surface area contributed by atoms with Crippen molar-refractivity contribution in [1.29, 1.82) is 0 Å². The molecule has 0 fully saturated rings. The van der Waals surface area contributed by atoms with E-state index in [9.17, 15) is 4.39 Å². The van der Waals surface area contributed by atoms with Gasteiger partial charge in [-0.05, 0) is 49.2 Å². The predicted molar refractivity (Wildman–Crippen MR) is 102 cm³/mol. The first-order chi connectivity index (χ1) is 11.2. The van der Waals surface area contributed by atoms with Crippen molar-refractivity contribution in [3.05, 3.63) is 64.8 Å². The quantitative estimate of drug-likeness (QED) is 0.622. The Hall–Kier alpha value is -1.62. The lowest BCUT2D eigenvalue weighted by Crippen LogP contribution is -2.16. The zero-order valence-electron chi connectivity index (χ0n) is 13.7. The van der Waals surface area contributed by atoms with Crippen molar-refractivity contribution in [2.75, 3.05) is 13.6 Å². The number of hydrogen-bond acceptors (Lipinski definition) is 3. The third kappa shape index (κ3) is 3.89. The molecule has 3 rings (SSSR count). The number of halogens is 2. The highest BCUT2D eigenvalue weighted by Gasteiger charge is 2.17. The van der Waals surface area contributed by atoms with Gasteiger partial charge in [-0.3, -0.25) is 0 Å². The highest BCUT2D eigenvalue weighted by molar-refractivity contribution is 7.17. The molecule has 1 N–H and O–H groups in total. The standard InChI is InChI=1S/C19H20FNOS.ClH/c1-13-12-23-19-17(9-8-15(20)18(13)19)22-16(10-11-21-2)14-6-4-3-5-7-14;/h3-9,12,16,21H,10-11H2,1-2H3;1H/t16-;/m0./s1. The van der Waals surface area contributed by atoms with Crippen LogP contribution in [-0.4, -0.2) is 13.6 Å². The first kappa shape index (κ1) is 18.7. The molecule has 0 bridgehead atoms. The summed E-state index contributed by atoms with van der Waals surface area (Å²) in [5.41, 5.74) is 2.09. The third-order valence-corrected chi connectivity index (χ3v) is 5.03. The molecule has 1 atom stereocenters. The Labute approximate surface area is 152 Å². The molecule has 0 amide bonds. The highest BCUT2D eigenvalue weighted by atomic mass is 35.5. The van der Waals surface area contributed by atoms with Crippen LogP contribution in [0.2, 0.25) is 0 Å². The van der Waals surface area contributed by atoms with Crippen molar-refractivity contribution in [3.63, 3.8) is 0 Å². The normalized spacial score (nSPS) is 12.0.